The van der Waals surface area contributed by atoms with Crippen molar-refractivity contribution in [3.63, 3.8) is 0 Å². The van der Waals surface area contributed by atoms with Crippen molar-refractivity contribution >= 4 is 17.7 Å². The lowest BCUT2D eigenvalue weighted by Crippen LogP contribution is -2.52. The number of carbonyl (C=O) groups excluding carboxylic acids is 2. The van der Waals surface area contributed by atoms with E-state index in [9.17, 15) is 19.5 Å². The van der Waals surface area contributed by atoms with Gasteiger partial charge < -0.3 is 9.84 Å². The van der Waals surface area contributed by atoms with Crippen LogP contribution in [0, 0.1) is 46.3 Å². The van der Waals surface area contributed by atoms with Crippen LogP contribution in [0.5, 0.6) is 0 Å². The molecule has 0 amide bonds. The zero-order chi connectivity index (χ0) is 25.3. The highest BCUT2D eigenvalue weighted by molar-refractivity contribution is 5.86. The van der Waals surface area contributed by atoms with Gasteiger partial charge in [-0.2, -0.15) is 0 Å². The third kappa shape index (κ3) is 5.54. The minimum absolute atomic E-state index is 0.0448. The van der Waals surface area contributed by atoms with E-state index in [-0.39, 0.29) is 47.9 Å². The molecule has 3 aliphatic carbocycles. The van der Waals surface area contributed by atoms with E-state index < -0.39 is 11.4 Å². The summed E-state index contributed by atoms with van der Waals surface area (Å²) in [6, 6.07) is 0. The van der Waals surface area contributed by atoms with Crippen molar-refractivity contribution in [1.82, 2.24) is 0 Å². The van der Waals surface area contributed by atoms with Gasteiger partial charge in [0.2, 0.25) is 0 Å². The van der Waals surface area contributed by atoms with E-state index >= 15 is 0 Å². The van der Waals surface area contributed by atoms with Crippen molar-refractivity contribution in [2.24, 2.45) is 46.3 Å². The lowest BCUT2D eigenvalue weighted by atomic mass is 9.49. The number of ether oxygens (including phenoxy) is 1. The Kier molecular flexibility index (Phi) is 8.56. The molecule has 5 nitrogen and oxygen atoms in total. The van der Waals surface area contributed by atoms with Crippen LogP contribution in [0.2, 0.25) is 0 Å². The van der Waals surface area contributed by atoms with Gasteiger partial charge in [-0.05, 0) is 79.4 Å². The second-order valence-corrected chi connectivity index (χ2v) is 12.8. The van der Waals surface area contributed by atoms with Crippen LogP contribution >= 0.6 is 0 Å². The minimum atomic E-state index is -0.739. The molecule has 5 heteroatoms. The summed E-state index contributed by atoms with van der Waals surface area (Å²) in [6.45, 7) is 12.9. The number of ketones is 1. The Hall–Kier alpha value is -1.39. The van der Waals surface area contributed by atoms with Crippen LogP contribution in [-0.2, 0) is 19.1 Å². The molecular weight excluding hydrogens is 428 g/mol. The molecular formula is C29H48O5. The van der Waals surface area contributed by atoms with Crippen LogP contribution < -0.4 is 0 Å². The second-order valence-electron chi connectivity index (χ2n) is 12.8. The van der Waals surface area contributed by atoms with Crippen molar-refractivity contribution in [2.45, 2.75) is 118 Å². The van der Waals surface area contributed by atoms with Crippen LogP contribution in [0.1, 0.15) is 112 Å². The smallest absolute Gasteiger partial charge is 0.303 e. The number of aliphatic carboxylic acids is 1. The fourth-order valence-electron chi connectivity index (χ4n) is 8.46. The van der Waals surface area contributed by atoms with E-state index in [0.29, 0.717) is 30.6 Å². The van der Waals surface area contributed by atoms with Gasteiger partial charge in [-0.3, -0.25) is 14.4 Å². The number of carboxylic acids is 1. The Balaban J connectivity index is 1.78. The van der Waals surface area contributed by atoms with Gasteiger partial charge in [-0.15, -0.1) is 0 Å². The molecule has 3 rings (SSSR count). The quantitative estimate of drug-likeness (QED) is 0.376. The standard InChI is InChI=1S/C29H48O5/c1-18(2)8-7-9-19(3)23-10-11-24-22(17-27(32)33)25(13-15-28(23,24)5)29(6)14-12-21(16-26(29)31)34-20(4)30/h18-19,21-25H,7-17H2,1-6H3,(H,32,33)/t19-,21?,22+,23-,24+,25+,28-,29-/m1/s1. The molecule has 0 aliphatic heterocycles. The number of rotatable bonds is 9. The molecule has 0 radical (unpaired) electrons. The van der Waals surface area contributed by atoms with Crippen LogP contribution in [0.4, 0.5) is 0 Å². The van der Waals surface area contributed by atoms with E-state index in [1.807, 2.05) is 0 Å². The highest BCUT2D eigenvalue weighted by Crippen LogP contribution is 2.65. The summed E-state index contributed by atoms with van der Waals surface area (Å²) in [5, 5.41) is 9.88. The van der Waals surface area contributed by atoms with Gasteiger partial charge in [-0.1, -0.05) is 53.9 Å². The summed E-state index contributed by atoms with van der Waals surface area (Å²) >= 11 is 0. The Morgan fingerprint density at radius 1 is 1.03 bits per heavy atom. The summed E-state index contributed by atoms with van der Waals surface area (Å²) in [5.41, 5.74) is -0.346. The van der Waals surface area contributed by atoms with Crippen LogP contribution in [-0.4, -0.2) is 28.9 Å². The van der Waals surface area contributed by atoms with Crippen molar-refractivity contribution in [3.8, 4) is 0 Å². The molecule has 3 fully saturated rings. The number of fused-ring (bicyclic) bond motifs is 1. The molecule has 0 heterocycles. The predicted octanol–water partition coefficient (Wildman–Crippen LogP) is 6.67. The zero-order valence-corrected chi connectivity index (χ0v) is 22.4. The molecule has 8 atom stereocenters. The molecule has 0 aromatic rings. The third-order valence-corrected chi connectivity index (χ3v) is 10.2. The number of carboxylic acid groups (broad SMARTS) is 1. The molecule has 0 aromatic carbocycles. The minimum Gasteiger partial charge on any atom is -0.481 e. The largest absolute Gasteiger partial charge is 0.481 e. The third-order valence-electron chi connectivity index (χ3n) is 10.2. The normalized spacial score (nSPS) is 39.0. The van der Waals surface area contributed by atoms with Crippen molar-refractivity contribution in [1.29, 1.82) is 0 Å². The van der Waals surface area contributed by atoms with E-state index in [2.05, 4.69) is 34.6 Å². The average Bonchev–Trinajstić information content (AvgIpc) is 3.07. The van der Waals surface area contributed by atoms with Crippen molar-refractivity contribution in [2.75, 3.05) is 0 Å². The molecule has 3 saturated carbocycles. The van der Waals surface area contributed by atoms with Gasteiger partial charge in [-0.25, -0.2) is 0 Å². The van der Waals surface area contributed by atoms with E-state index in [1.54, 1.807) is 0 Å². The number of carbonyl (C=O) groups is 3. The van der Waals surface area contributed by atoms with Gasteiger partial charge in [0.15, 0.2) is 0 Å². The Morgan fingerprint density at radius 3 is 2.32 bits per heavy atom. The van der Waals surface area contributed by atoms with E-state index in [0.717, 1.165) is 25.2 Å². The van der Waals surface area contributed by atoms with Gasteiger partial charge in [0.25, 0.3) is 0 Å². The van der Waals surface area contributed by atoms with Crippen LogP contribution in [0.15, 0.2) is 0 Å². The molecule has 194 valence electrons. The number of hydrogen-bond donors (Lipinski definition) is 1. The highest BCUT2D eigenvalue weighted by atomic mass is 16.5. The molecule has 0 spiro atoms. The van der Waals surface area contributed by atoms with Gasteiger partial charge in [0, 0.05) is 25.2 Å². The highest BCUT2D eigenvalue weighted by Gasteiger charge is 2.59. The number of Topliss-reactive ketones (excluding diaryl/α,β-unsaturated/α-hetero) is 1. The topological polar surface area (TPSA) is 80.7 Å². The van der Waals surface area contributed by atoms with Gasteiger partial charge in [0.1, 0.15) is 11.9 Å². The second kappa shape index (κ2) is 10.7. The molecule has 3 aliphatic rings. The van der Waals surface area contributed by atoms with Crippen molar-refractivity contribution < 1.29 is 24.2 Å². The SMILES string of the molecule is CC(=O)OC1CC[C@](C)([C@H]2CC[C@]3(C)[C@@H]([C@H](C)CCCC(C)C)CC[C@H]3[C@@H]2CC(=O)O)C(=O)C1. The predicted molar refractivity (Wildman–Crippen MR) is 133 cm³/mol. The van der Waals surface area contributed by atoms with Crippen LogP contribution in [0.25, 0.3) is 0 Å². The zero-order valence-electron chi connectivity index (χ0n) is 22.4. The Morgan fingerprint density at radius 2 is 1.74 bits per heavy atom. The lowest BCUT2D eigenvalue weighted by molar-refractivity contribution is -0.159. The molecule has 1 N–H and O–H groups in total. The average molecular weight is 477 g/mol. The number of hydrogen-bond acceptors (Lipinski definition) is 4. The van der Waals surface area contributed by atoms with Crippen molar-refractivity contribution in [3.05, 3.63) is 0 Å². The van der Waals surface area contributed by atoms with Gasteiger partial charge >= 0.3 is 11.9 Å². The number of esters is 1. The first-order valence-corrected chi connectivity index (χ1v) is 13.8. The monoisotopic (exact) mass is 476 g/mol. The first kappa shape index (κ1) is 27.2. The lowest BCUT2D eigenvalue weighted by Gasteiger charge is -2.55. The molecule has 34 heavy (non-hydrogen) atoms. The summed E-state index contributed by atoms with van der Waals surface area (Å²) in [7, 11) is 0. The Labute approximate surface area is 206 Å². The fourth-order valence-corrected chi connectivity index (χ4v) is 8.46. The summed E-state index contributed by atoms with van der Waals surface area (Å²) < 4.78 is 5.35. The summed E-state index contributed by atoms with van der Waals surface area (Å²) in [4.78, 5) is 36.8. The molecule has 1 unspecified atom stereocenters. The molecule has 0 bridgehead atoms. The maximum Gasteiger partial charge on any atom is 0.303 e. The summed E-state index contributed by atoms with van der Waals surface area (Å²) in [5.74, 6) is 1.64. The summed E-state index contributed by atoms with van der Waals surface area (Å²) in [6.07, 6.45) is 9.57. The fraction of sp³-hybridized carbons (Fsp3) is 0.897. The van der Waals surface area contributed by atoms with E-state index in [4.69, 9.17) is 4.74 Å². The maximum atomic E-state index is 13.4. The first-order valence-electron chi connectivity index (χ1n) is 13.8. The maximum absolute atomic E-state index is 13.4. The van der Waals surface area contributed by atoms with Crippen LogP contribution in [0.3, 0.4) is 0 Å². The molecule has 0 aromatic heterocycles. The first-order chi connectivity index (χ1) is 15.9. The molecule has 0 saturated heterocycles. The van der Waals surface area contributed by atoms with E-state index in [1.165, 1.54) is 32.6 Å². The Bertz CT molecular complexity index is 760. The van der Waals surface area contributed by atoms with Gasteiger partial charge in [0.05, 0.1) is 0 Å².